The highest BCUT2D eigenvalue weighted by molar-refractivity contribution is 5.55. The number of nitrogens with one attached hydrogen (secondary N) is 1. The lowest BCUT2D eigenvalue weighted by Crippen LogP contribution is -2.13. The molecule has 1 N–H and O–H groups in total. The lowest BCUT2D eigenvalue weighted by Gasteiger charge is -2.16. The van der Waals surface area contributed by atoms with Crippen LogP contribution in [0.2, 0.25) is 0 Å². The van der Waals surface area contributed by atoms with E-state index in [2.05, 4.69) is 28.4 Å². The summed E-state index contributed by atoms with van der Waals surface area (Å²) < 4.78 is 46.0. The molecule has 1 aromatic heterocycles. The molecule has 0 saturated carbocycles. The van der Waals surface area contributed by atoms with E-state index in [1.807, 2.05) is 50.2 Å². The molecule has 4 rings (SSSR count). The van der Waals surface area contributed by atoms with E-state index in [9.17, 15) is 13.2 Å². The van der Waals surface area contributed by atoms with E-state index >= 15 is 0 Å². The van der Waals surface area contributed by atoms with Crippen molar-refractivity contribution < 1.29 is 17.7 Å². The van der Waals surface area contributed by atoms with Crippen LogP contribution >= 0.6 is 0 Å². The van der Waals surface area contributed by atoms with Crippen molar-refractivity contribution in [2.24, 2.45) is 0 Å². The Labute approximate surface area is 209 Å². The minimum Gasteiger partial charge on any atom is -0.338 e. The molecular weight excluding hydrogens is 463 g/mol. The summed E-state index contributed by atoms with van der Waals surface area (Å²) in [7, 11) is 0. The van der Waals surface area contributed by atoms with Crippen molar-refractivity contribution in [1.82, 2.24) is 15.5 Å². The van der Waals surface area contributed by atoms with E-state index in [-0.39, 0.29) is 5.89 Å². The number of hydrogen-bond acceptors (Lipinski definition) is 4. The second kappa shape index (κ2) is 11.1. The summed E-state index contributed by atoms with van der Waals surface area (Å²) in [6.07, 6.45) is -2.93. The Hall–Kier alpha value is -3.45. The second-order valence-electron chi connectivity index (χ2n) is 9.13. The molecule has 0 radical (unpaired) electrons. The number of aromatic nitrogens is 2. The average molecular weight is 494 g/mol. The van der Waals surface area contributed by atoms with Gasteiger partial charge in [-0.15, -0.1) is 0 Å². The number of alkyl halides is 3. The lowest BCUT2D eigenvalue weighted by molar-refractivity contribution is -0.137. The van der Waals surface area contributed by atoms with Gasteiger partial charge < -0.3 is 9.84 Å². The minimum absolute atomic E-state index is 0.288. The fourth-order valence-corrected chi connectivity index (χ4v) is 4.12. The Balaban J connectivity index is 1.66. The first-order valence-electron chi connectivity index (χ1n) is 12.1. The van der Waals surface area contributed by atoms with Gasteiger partial charge in [-0.3, -0.25) is 0 Å². The van der Waals surface area contributed by atoms with Crippen LogP contribution in [0.5, 0.6) is 0 Å². The Morgan fingerprint density at radius 3 is 2.36 bits per heavy atom. The molecule has 4 aromatic rings. The van der Waals surface area contributed by atoms with Crippen LogP contribution in [0.3, 0.4) is 0 Å². The molecular formula is C29H30F3N3O. The van der Waals surface area contributed by atoms with Gasteiger partial charge in [-0.25, -0.2) is 0 Å². The zero-order valence-electron chi connectivity index (χ0n) is 20.7. The third-order valence-corrected chi connectivity index (χ3v) is 6.34. The molecule has 36 heavy (non-hydrogen) atoms. The molecule has 7 heteroatoms. The zero-order chi connectivity index (χ0) is 25.7. The minimum atomic E-state index is -4.44. The Morgan fingerprint density at radius 1 is 0.917 bits per heavy atom. The number of hydrogen-bond donors (Lipinski definition) is 1. The van der Waals surface area contributed by atoms with Gasteiger partial charge in [0.05, 0.1) is 11.5 Å². The molecule has 0 fully saturated rings. The van der Waals surface area contributed by atoms with Crippen LogP contribution in [0.4, 0.5) is 13.2 Å². The molecule has 4 nitrogen and oxygen atoms in total. The van der Waals surface area contributed by atoms with Gasteiger partial charge >= 0.3 is 6.18 Å². The van der Waals surface area contributed by atoms with Crippen molar-refractivity contribution in [2.75, 3.05) is 6.54 Å². The van der Waals surface area contributed by atoms with Crippen molar-refractivity contribution in [3.8, 4) is 11.4 Å². The molecule has 0 saturated heterocycles. The Kier molecular flexibility index (Phi) is 7.89. The van der Waals surface area contributed by atoms with Crippen LogP contribution in [0.1, 0.15) is 58.5 Å². The SMILES string of the molecule is CCCNCc1ccc(-c2noc(C(Cc3ccc(C)c(C)c3)c3cccc(C(F)(F)F)c3)n2)cc1. The largest absolute Gasteiger partial charge is 0.416 e. The number of rotatable bonds is 9. The molecule has 0 spiro atoms. The number of aryl methyl sites for hydroxylation is 2. The van der Waals surface area contributed by atoms with Crippen LogP contribution in [0.15, 0.2) is 71.3 Å². The van der Waals surface area contributed by atoms with Gasteiger partial charge in [-0.05, 0) is 67.1 Å². The first-order valence-corrected chi connectivity index (χ1v) is 12.1. The van der Waals surface area contributed by atoms with E-state index in [0.29, 0.717) is 17.8 Å². The van der Waals surface area contributed by atoms with E-state index < -0.39 is 17.7 Å². The van der Waals surface area contributed by atoms with Gasteiger partial charge in [0.2, 0.25) is 11.7 Å². The summed E-state index contributed by atoms with van der Waals surface area (Å²) in [6, 6.07) is 19.3. The Bertz CT molecular complexity index is 1300. The van der Waals surface area contributed by atoms with Gasteiger partial charge in [0.1, 0.15) is 0 Å². The van der Waals surface area contributed by atoms with E-state index in [0.717, 1.165) is 53.4 Å². The van der Waals surface area contributed by atoms with E-state index in [1.165, 1.54) is 12.1 Å². The molecule has 0 amide bonds. The average Bonchev–Trinajstić information content (AvgIpc) is 3.35. The van der Waals surface area contributed by atoms with Crippen LogP contribution < -0.4 is 5.32 Å². The number of nitrogens with zero attached hydrogens (tertiary/aromatic N) is 2. The summed E-state index contributed by atoms with van der Waals surface area (Å²) in [5.74, 6) is 0.180. The molecule has 0 aliphatic carbocycles. The van der Waals surface area contributed by atoms with Crippen LogP contribution in [-0.4, -0.2) is 16.7 Å². The molecule has 188 valence electrons. The molecule has 1 heterocycles. The summed E-state index contributed by atoms with van der Waals surface area (Å²) in [5.41, 5.74) is 4.99. The van der Waals surface area contributed by atoms with Crippen molar-refractivity contribution in [1.29, 1.82) is 0 Å². The van der Waals surface area contributed by atoms with Crippen LogP contribution in [-0.2, 0) is 19.1 Å². The maximum Gasteiger partial charge on any atom is 0.416 e. The summed E-state index contributed by atoms with van der Waals surface area (Å²) in [4.78, 5) is 4.62. The fourth-order valence-electron chi connectivity index (χ4n) is 4.12. The standard InChI is InChI=1S/C29H30F3N3O/c1-4-14-33-18-21-10-12-23(13-11-21)27-34-28(36-35-27)26(16-22-9-8-19(2)20(3)15-22)24-6-5-7-25(17-24)29(30,31)32/h5-13,15,17,26,33H,4,14,16,18H2,1-3H3. The smallest absolute Gasteiger partial charge is 0.338 e. The van der Waals surface area contributed by atoms with Crippen molar-refractivity contribution in [3.05, 3.63) is 106 Å². The molecule has 1 unspecified atom stereocenters. The monoisotopic (exact) mass is 493 g/mol. The topological polar surface area (TPSA) is 51.0 Å². The molecule has 0 bridgehead atoms. The van der Waals surface area contributed by atoms with Gasteiger partial charge in [-0.2, -0.15) is 18.2 Å². The van der Waals surface area contributed by atoms with E-state index in [1.54, 1.807) is 6.07 Å². The highest BCUT2D eigenvalue weighted by Crippen LogP contribution is 2.35. The van der Waals surface area contributed by atoms with Gasteiger partial charge in [-0.1, -0.05) is 72.7 Å². The first kappa shape index (κ1) is 25.6. The molecule has 0 aliphatic heterocycles. The Morgan fingerprint density at radius 2 is 1.67 bits per heavy atom. The normalized spacial score (nSPS) is 12.6. The first-order chi connectivity index (χ1) is 17.2. The number of benzene rings is 3. The summed E-state index contributed by atoms with van der Waals surface area (Å²) in [6.45, 7) is 7.90. The predicted molar refractivity (Wildman–Crippen MR) is 135 cm³/mol. The van der Waals surface area contributed by atoms with Gasteiger partial charge in [0, 0.05) is 12.1 Å². The fraction of sp³-hybridized carbons (Fsp3) is 0.310. The third kappa shape index (κ3) is 6.21. The molecule has 0 aliphatic rings. The predicted octanol–water partition coefficient (Wildman–Crippen LogP) is 7.25. The quantitative estimate of drug-likeness (QED) is 0.250. The van der Waals surface area contributed by atoms with Gasteiger partial charge in [0.15, 0.2) is 0 Å². The van der Waals surface area contributed by atoms with Crippen molar-refractivity contribution in [3.63, 3.8) is 0 Å². The maximum absolute atomic E-state index is 13.5. The van der Waals surface area contributed by atoms with Crippen LogP contribution in [0, 0.1) is 13.8 Å². The maximum atomic E-state index is 13.5. The van der Waals surface area contributed by atoms with E-state index in [4.69, 9.17) is 4.52 Å². The summed E-state index contributed by atoms with van der Waals surface area (Å²) >= 11 is 0. The highest BCUT2D eigenvalue weighted by atomic mass is 19.4. The highest BCUT2D eigenvalue weighted by Gasteiger charge is 2.32. The van der Waals surface area contributed by atoms with Crippen molar-refractivity contribution in [2.45, 2.75) is 52.3 Å². The second-order valence-corrected chi connectivity index (χ2v) is 9.13. The zero-order valence-corrected chi connectivity index (χ0v) is 20.7. The molecule has 1 atom stereocenters. The van der Waals surface area contributed by atoms with Gasteiger partial charge in [0.25, 0.3) is 0 Å². The lowest BCUT2D eigenvalue weighted by atomic mass is 9.89. The third-order valence-electron chi connectivity index (χ3n) is 6.34. The van der Waals surface area contributed by atoms with Crippen LogP contribution in [0.25, 0.3) is 11.4 Å². The van der Waals surface area contributed by atoms with Crippen molar-refractivity contribution >= 4 is 0 Å². The number of halogens is 3. The molecule has 3 aromatic carbocycles. The summed E-state index contributed by atoms with van der Waals surface area (Å²) in [5, 5.41) is 7.52.